The van der Waals surface area contributed by atoms with Crippen molar-refractivity contribution in [3.63, 3.8) is 0 Å². The number of esters is 1. The Bertz CT molecular complexity index is 541. The van der Waals surface area contributed by atoms with Crippen LogP contribution < -0.4 is 0 Å². The van der Waals surface area contributed by atoms with E-state index in [2.05, 4.69) is 16.6 Å². The first kappa shape index (κ1) is 17.2. The lowest BCUT2D eigenvalue weighted by Crippen LogP contribution is -2.36. The summed E-state index contributed by atoms with van der Waals surface area (Å²) in [5, 5.41) is 10.5. The molecule has 0 fully saturated rings. The van der Waals surface area contributed by atoms with E-state index in [1.54, 1.807) is 11.4 Å². The number of carbonyl (C=O) groups excluding carboxylic acids is 2. The maximum absolute atomic E-state index is 12.5. The van der Waals surface area contributed by atoms with Gasteiger partial charge in [-0.05, 0) is 17.9 Å². The first-order valence-corrected chi connectivity index (χ1v) is 7.55. The van der Waals surface area contributed by atoms with E-state index in [1.807, 2.05) is 6.92 Å². The molecule has 0 spiro atoms. The zero-order valence-corrected chi connectivity index (χ0v) is 13.0. The van der Waals surface area contributed by atoms with E-state index in [4.69, 9.17) is 5.11 Å². The second kappa shape index (κ2) is 9.16. The molecule has 114 valence electrons. The summed E-state index contributed by atoms with van der Waals surface area (Å²) in [7, 11) is 1.30. The molecule has 1 aromatic rings. The molecule has 0 radical (unpaired) electrons. The van der Waals surface area contributed by atoms with Crippen LogP contribution in [0.2, 0.25) is 0 Å². The minimum absolute atomic E-state index is 0.00921. The fourth-order valence-electron chi connectivity index (χ4n) is 1.67. The molecule has 1 aromatic heterocycles. The van der Waals surface area contributed by atoms with Crippen LogP contribution in [0.4, 0.5) is 0 Å². The van der Waals surface area contributed by atoms with E-state index >= 15 is 0 Å². The topological polar surface area (TPSA) is 66.8 Å². The predicted octanol–water partition coefficient (Wildman–Crippen LogP) is 1.51. The third-order valence-corrected chi connectivity index (χ3v) is 3.55. The van der Waals surface area contributed by atoms with Crippen molar-refractivity contribution in [2.75, 3.05) is 26.8 Å². The Hall–Kier alpha value is -1.84. The maximum atomic E-state index is 12.5. The van der Waals surface area contributed by atoms with E-state index < -0.39 is 5.97 Å². The van der Waals surface area contributed by atoms with Gasteiger partial charge in [-0.3, -0.25) is 9.59 Å². The third kappa shape index (κ3) is 5.21. The number of rotatable bonds is 6. The Labute approximate surface area is 128 Å². The second-order valence-corrected chi connectivity index (χ2v) is 5.16. The Kier molecular flexibility index (Phi) is 7.51. The minimum Gasteiger partial charge on any atom is -0.468 e. The number of carbonyl (C=O) groups is 2. The van der Waals surface area contributed by atoms with Crippen molar-refractivity contribution in [3.05, 3.63) is 21.9 Å². The zero-order chi connectivity index (χ0) is 15.7. The summed E-state index contributed by atoms with van der Waals surface area (Å²) in [6.45, 7) is 2.35. The molecule has 1 rings (SSSR count). The molecule has 0 saturated heterocycles. The number of thiophene rings is 1. The fourth-order valence-corrected chi connectivity index (χ4v) is 2.49. The molecule has 1 N–H and O–H groups in total. The normalized spacial score (nSPS) is 9.67. The van der Waals surface area contributed by atoms with Crippen LogP contribution in [-0.4, -0.2) is 48.7 Å². The number of methoxy groups -OCH3 is 1. The number of aliphatic hydroxyl groups excluding tert-OH is 1. The molecule has 0 aromatic carbocycles. The van der Waals surface area contributed by atoms with Gasteiger partial charge in [-0.15, -0.1) is 11.3 Å². The van der Waals surface area contributed by atoms with Crippen molar-refractivity contribution in [1.82, 2.24) is 4.90 Å². The largest absolute Gasteiger partial charge is 0.468 e. The molecule has 0 aliphatic carbocycles. The highest BCUT2D eigenvalue weighted by atomic mass is 32.1. The van der Waals surface area contributed by atoms with E-state index in [1.165, 1.54) is 23.3 Å². The summed E-state index contributed by atoms with van der Waals surface area (Å²) >= 11 is 1.30. The molecule has 0 unspecified atom stereocenters. The summed E-state index contributed by atoms with van der Waals surface area (Å²) in [6.07, 6.45) is 1.12. The quantitative estimate of drug-likeness (QED) is 0.639. The van der Waals surface area contributed by atoms with Gasteiger partial charge in [0.15, 0.2) is 0 Å². The lowest BCUT2D eigenvalue weighted by atomic mass is 10.2. The van der Waals surface area contributed by atoms with Crippen LogP contribution in [0.5, 0.6) is 0 Å². The maximum Gasteiger partial charge on any atom is 0.325 e. The Morgan fingerprint density at radius 1 is 1.48 bits per heavy atom. The molecular formula is C15H19NO4S. The van der Waals surface area contributed by atoms with Gasteiger partial charge in [0.2, 0.25) is 0 Å². The number of ether oxygens (including phenoxy) is 1. The highest BCUT2D eigenvalue weighted by Gasteiger charge is 2.21. The van der Waals surface area contributed by atoms with E-state index in [0.29, 0.717) is 23.4 Å². The average Bonchev–Trinajstić information content (AvgIpc) is 2.94. The van der Waals surface area contributed by atoms with Crippen molar-refractivity contribution in [2.24, 2.45) is 0 Å². The van der Waals surface area contributed by atoms with Crippen LogP contribution in [0.25, 0.3) is 0 Å². The van der Waals surface area contributed by atoms with Gasteiger partial charge in [-0.25, -0.2) is 0 Å². The number of nitrogens with zero attached hydrogens (tertiary/aromatic N) is 1. The predicted molar refractivity (Wildman–Crippen MR) is 81.1 cm³/mol. The minimum atomic E-state index is -0.443. The molecule has 1 amide bonds. The van der Waals surface area contributed by atoms with Crippen LogP contribution >= 0.6 is 11.3 Å². The fraction of sp³-hybridized carbons (Fsp3) is 0.467. The lowest BCUT2D eigenvalue weighted by Gasteiger charge is -2.20. The van der Waals surface area contributed by atoms with Gasteiger partial charge in [0, 0.05) is 18.5 Å². The van der Waals surface area contributed by atoms with Gasteiger partial charge in [-0.1, -0.05) is 18.8 Å². The van der Waals surface area contributed by atoms with Crippen LogP contribution in [0.3, 0.4) is 0 Å². The summed E-state index contributed by atoms with van der Waals surface area (Å²) in [4.78, 5) is 25.9. The van der Waals surface area contributed by atoms with Gasteiger partial charge in [0.05, 0.1) is 13.7 Å². The van der Waals surface area contributed by atoms with Crippen LogP contribution in [0, 0.1) is 11.8 Å². The molecule has 0 aliphatic rings. The first-order valence-electron chi connectivity index (χ1n) is 6.67. The average molecular weight is 309 g/mol. The van der Waals surface area contributed by atoms with Crippen molar-refractivity contribution in [3.8, 4) is 11.8 Å². The molecule has 0 aliphatic heterocycles. The van der Waals surface area contributed by atoms with E-state index in [9.17, 15) is 9.59 Å². The summed E-state index contributed by atoms with van der Waals surface area (Å²) in [5.74, 6) is 5.02. The smallest absolute Gasteiger partial charge is 0.325 e. The molecule has 0 bridgehead atoms. The summed E-state index contributed by atoms with van der Waals surface area (Å²) in [5.41, 5.74) is 0.629. The number of hydrogen-bond acceptors (Lipinski definition) is 5. The number of hydrogen-bond donors (Lipinski definition) is 1. The van der Waals surface area contributed by atoms with Crippen LogP contribution in [-0.2, 0) is 9.53 Å². The number of aliphatic hydroxyl groups is 1. The van der Waals surface area contributed by atoms with Crippen molar-refractivity contribution < 1.29 is 19.4 Å². The van der Waals surface area contributed by atoms with Crippen molar-refractivity contribution in [2.45, 2.75) is 19.8 Å². The van der Waals surface area contributed by atoms with Gasteiger partial charge in [-0.2, -0.15) is 0 Å². The van der Waals surface area contributed by atoms with Gasteiger partial charge in [0.25, 0.3) is 5.91 Å². The Balaban J connectivity index is 2.91. The van der Waals surface area contributed by atoms with Gasteiger partial charge in [0.1, 0.15) is 11.4 Å². The molecule has 0 saturated carbocycles. The highest BCUT2D eigenvalue weighted by molar-refractivity contribution is 7.12. The SMILES string of the molecule is CCCN(CC(=O)OC)C(=O)c1sccc1C#CCCO. The Morgan fingerprint density at radius 2 is 2.24 bits per heavy atom. The monoisotopic (exact) mass is 309 g/mol. The molecular weight excluding hydrogens is 290 g/mol. The van der Waals surface area contributed by atoms with Crippen molar-refractivity contribution >= 4 is 23.2 Å². The van der Waals surface area contributed by atoms with Gasteiger partial charge < -0.3 is 14.7 Å². The van der Waals surface area contributed by atoms with E-state index in [0.717, 1.165) is 6.42 Å². The standard InChI is InChI=1S/C15H19NO4S/c1-3-8-16(11-13(18)20-2)15(19)14-12(7-10-21-14)6-4-5-9-17/h7,10,17H,3,5,8-9,11H2,1-2H3. The zero-order valence-electron chi connectivity index (χ0n) is 12.2. The molecule has 6 heteroatoms. The van der Waals surface area contributed by atoms with Crippen molar-refractivity contribution in [1.29, 1.82) is 0 Å². The summed E-state index contributed by atoms with van der Waals surface area (Å²) in [6, 6.07) is 1.77. The summed E-state index contributed by atoms with van der Waals surface area (Å²) < 4.78 is 4.62. The third-order valence-electron chi connectivity index (χ3n) is 2.65. The van der Waals surface area contributed by atoms with E-state index in [-0.39, 0.29) is 19.1 Å². The number of amides is 1. The highest BCUT2D eigenvalue weighted by Crippen LogP contribution is 2.18. The lowest BCUT2D eigenvalue weighted by molar-refractivity contribution is -0.141. The van der Waals surface area contributed by atoms with Crippen LogP contribution in [0.1, 0.15) is 35.0 Å². The van der Waals surface area contributed by atoms with Crippen LogP contribution in [0.15, 0.2) is 11.4 Å². The molecule has 5 nitrogen and oxygen atoms in total. The molecule has 0 atom stereocenters. The second-order valence-electron chi connectivity index (χ2n) is 4.24. The molecule has 1 heterocycles. The first-order chi connectivity index (χ1) is 10.1. The molecule has 21 heavy (non-hydrogen) atoms. The van der Waals surface area contributed by atoms with Gasteiger partial charge >= 0.3 is 5.97 Å². The Morgan fingerprint density at radius 3 is 2.86 bits per heavy atom.